The van der Waals surface area contributed by atoms with Gasteiger partial charge >= 0.3 is 0 Å². The van der Waals surface area contributed by atoms with Gasteiger partial charge in [-0.1, -0.05) is 82.2 Å². The smallest absolute Gasteiger partial charge is 0.105 e. The van der Waals surface area contributed by atoms with E-state index in [0.717, 1.165) is 11.0 Å². The summed E-state index contributed by atoms with van der Waals surface area (Å²) < 4.78 is 0.785. The van der Waals surface area contributed by atoms with Gasteiger partial charge in [0.2, 0.25) is 0 Å². The molecule has 0 heterocycles. The molecule has 0 fully saturated rings. The predicted molar refractivity (Wildman–Crippen MR) is 111 cm³/mol. The molecule has 1 aromatic rings. The van der Waals surface area contributed by atoms with Gasteiger partial charge in [-0.25, -0.2) is 0 Å². The van der Waals surface area contributed by atoms with Crippen molar-refractivity contribution in [2.24, 2.45) is 0 Å². The van der Waals surface area contributed by atoms with Crippen molar-refractivity contribution in [3.05, 3.63) is 35.9 Å². The third-order valence-electron chi connectivity index (χ3n) is 5.84. The summed E-state index contributed by atoms with van der Waals surface area (Å²) >= 11 is 0. The van der Waals surface area contributed by atoms with E-state index < -0.39 is 0 Å². The first kappa shape index (κ1) is 26.4. The maximum Gasteiger partial charge on any atom is 0.105 e. The Morgan fingerprint density at radius 2 is 1.33 bits per heavy atom. The SMILES string of the molecule is CCCCCCCCCCC(C)[N+](CCO)(CCO)Cc1ccccc1.[Cl-]. The highest BCUT2D eigenvalue weighted by atomic mass is 35.5. The second-order valence-electron chi connectivity index (χ2n) is 7.87. The molecule has 158 valence electrons. The molecule has 0 aliphatic carbocycles. The zero-order valence-electron chi connectivity index (χ0n) is 17.6. The fourth-order valence-electron chi connectivity index (χ4n) is 4.06. The van der Waals surface area contributed by atoms with Crippen molar-refractivity contribution in [1.29, 1.82) is 0 Å². The molecule has 0 aliphatic heterocycles. The second-order valence-corrected chi connectivity index (χ2v) is 7.87. The summed E-state index contributed by atoms with van der Waals surface area (Å²) in [6, 6.07) is 11.0. The van der Waals surface area contributed by atoms with Crippen LogP contribution in [0.1, 0.15) is 77.2 Å². The van der Waals surface area contributed by atoms with Gasteiger partial charge < -0.3 is 27.1 Å². The van der Waals surface area contributed by atoms with Gasteiger partial charge in [0.25, 0.3) is 0 Å². The Bertz CT molecular complexity index is 435. The normalized spacial score (nSPS) is 12.6. The standard InChI is InChI=1S/C23H42NO2.ClH/c1-3-4-5-6-7-8-9-11-14-22(2)24(17-19-25,18-20-26)21-23-15-12-10-13-16-23;/h10,12-13,15-16,22,25-26H,3-9,11,14,17-21H2,1-2H3;1H/q+1;/p-1. The van der Waals surface area contributed by atoms with Gasteiger partial charge in [-0.3, -0.25) is 0 Å². The average Bonchev–Trinajstić information content (AvgIpc) is 2.65. The molecular weight excluding hydrogens is 358 g/mol. The first-order valence-electron chi connectivity index (χ1n) is 10.8. The lowest BCUT2D eigenvalue weighted by atomic mass is 10.0. The summed E-state index contributed by atoms with van der Waals surface area (Å²) in [7, 11) is 0. The predicted octanol–water partition coefficient (Wildman–Crippen LogP) is 1.91. The highest BCUT2D eigenvalue weighted by Gasteiger charge is 2.33. The highest BCUT2D eigenvalue weighted by molar-refractivity contribution is 5.13. The number of nitrogens with zero attached hydrogens (tertiary/aromatic N) is 1. The zero-order valence-corrected chi connectivity index (χ0v) is 18.3. The maximum atomic E-state index is 9.67. The lowest BCUT2D eigenvalue weighted by Crippen LogP contribution is -3.00. The van der Waals surface area contributed by atoms with Crippen molar-refractivity contribution < 1.29 is 27.1 Å². The molecule has 1 unspecified atom stereocenters. The maximum absolute atomic E-state index is 9.67. The number of hydrogen-bond acceptors (Lipinski definition) is 2. The summed E-state index contributed by atoms with van der Waals surface area (Å²) in [5.41, 5.74) is 1.29. The van der Waals surface area contributed by atoms with E-state index in [2.05, 4.69) is 38.1 Å². The minimum Gasteiger partial charge on any atom is -1.00 e. The molecule has 1 atom stereocenters. The molecule has 0 radical (unpaired) electrons. The van der Waals surface area contributed by atoms with Crippen molar-refractivity contribution in [3.63, 3.8) is 0 Å². The van der Waals surface area contributed by atoms with Gasteiger partial charge in [-0.2, -0.15) is 0 Å². The van der Waals surface area contributed by atoms with Crippen LogP contribution in [-0.4, -0.2) is 47.0 Å². The van der Waals surface area contributed by atoms with Crippen LogP contribution in [0.5, 0.6) is 0 Å². The third-order valence-corrected chi connectivity index (χ3v) is 5.84. The van der Waals surface area contributed by atoms with Crippen LogP contribution in [0.3, 0.4) is 0 Å². The van der Waals surface area contributed by atoms with Crippen LogP contribution < -0.4 is 12.4 Å². The molecule has 0 bridgehead atoms. The van der Waals surface area contributed by atoms with E-state index in [9.17, 15) is 10.2 Å². The monoisotopic (exact) mass is 399 g/mol. The molecule has 1 rings (SSSR count). The van der Waals surface area contributed by atoms with Crippen molar-refractivity contribution in [3.8, 4) is 0 Å². The summed E-state index contributed by atoms with van der Waals surface area (Å²) in [6.45, 7) is 7.24. The van der Waals surface area contributed by atoms with Crippen LogP contribution in [0, 0.1) is 0 Å². The van der Waals surface area contributed by atoms with E-state index in [1.54, 1.807) is 0 Å². The van der Waals surface area contributed by atoms with Gasteiger partial charge in [0, 0.05) is 5.56 Å². The molecule has 0 spiro atoms. The van der Waals surface area contributed by atoms with Crippen molar-refractivity contribution in [1.82, 2.24) is 0 Å². The topological polar surface area (TPSA) is 40.5 Å². The zero-order chi connectivity index (χ0) is 19.1. The largest absolute Gasteiger partial charge is 1.00 e. The minimum absolute atomic E-state index is 0. The van der Waals surface area contributed by atoms with E-state index >= 15 is 0 Å². The Morgan fingerprint density at radius 3 is 1.85 bits per heavy atom. The van der Waals surface area contributed by atoms with E-state index in [0.29, 0.717) is 19.1 Å². The van der Waals surface area contributed by atoms with E-state index in [1.807, 2.05) is 6.07 Å². The van der Waals surface area contributed by atoms with Gasteiger partial charge in [-0.05, 0) is 19.8 Å². The quantitative estimate of drug-likeness (QED) is 0.329. The van der Waals surface area contributed by atoms with Crippen LogP contribution in [0.15, 0.2) is 30.3 Å². The number of halogens is 1. The number of quaternary nitrogens is 1. The molecule has 0 aromatic heterocycles. The van der Waals surface area contributed by atoms with E-state index in [-0.39, 0.29) is 25.6 Å². The molecule has 2 N–H and O–H groups in total. The lowest BCUT2D eigenvalue weighted by Gasteiger charge is -2.43. The van der Waals surface area contributed by atoms with Crippen molar-refractivity contribution in [2.45, 2.75) is 84.2 Å². The highest BCUT2D eigenvalue weighted by Crippen LogP contribution is 2.23. The molecule has 1 aromatic carbocycles. The fraction of sp³-hybridized carbons (Fsp3) is 0.739. The summed E-state index contributed by atoms with van der Waals surface area (Å²) in [4.78, 5) is 0. The molecule has 0 saturated heterocycles. The van der Waals surface area contributed by atoms with Crippen LogP contribution in [0.4, 0.5) is 0 Å². The van der Waals surface area contributed by atoms with Crippen LogP contribution in [-0.2, 0) is 6.54 Å². The Kier molecular flexibility index (Phi) is 16.0. The number of rotatable bonds is 16. The number of aliphatic hydroxyl groups is 2. The first-order valence-corrected chi connectivity index (χ1v) is 10.8. The Morgan fingerprint density at radius 1 is 0.815 bits per heavy atom. The molecular formula is C23H42ClNO2. The molecule has 0 aliphatic rings. The molecule has 3 nitrogen and oxygen atoms in total. The van der Waals surface area contributed by atoms with Gasteiger partial charge in [0.15, 0.2) is 0 Å². The Hall–Kier alpha value is -0.610. The number of aliphatic hydroxyl groups excluding tert-OH is 2. The summed E-state index contributed by atoms with van der Waals surface area (Å²) in [5, 5.41) is 19.3. The van der Waals surface area contributed by atoms with Crippen molar-refractivity contribution in [2.75, 3.05) is 26.3 Å². The number of unbranched alkanes of at least 4 members (excludes halogenated alkanes) is 7. The van der Waals surface area contributed by atoms with E-state index in [1.165, 1.54) is 63.4 Å². The number of hydrogen-bond donors (Lipinski definition) is 2. The van der Waals surface area contributed by atoms with Crippen LogP contribution in [0.25, 0.3) is 0 Å². The first-order chi connectivity index (χ1) is 12.7. The van der Waals surface area contributed by atoms with Crippen molar-refractivity contribution >= 4 is 0 Å². The van der Waals surface area contributed by atoms with Crippen LogP contribution >= 0.6 is 0 Å². The lowest BCUT2D eigenvalue weighted by molar-refractivity contribution is -0.962. The molecule has 0 saturated carbocycles. The second kappa shape index (κ2) is 16.4. The van der Waals surface area contributed by atoms with Crippen LogP contribution in [0.2, 0.25) is 0 Å². The molecule has 4 heteroatoms. The molecule has 0 amide bonds. The average molecular weight is 400 g/mol. The Balaban J connectivity index is 0.00000676. The summed E-state index contributed by atoms with van der Waals surface area (Å²) in [6.07, 6.45) is 11.9. The van der Waals surface area contributed by atoms with E-state index in [4.69, 9.17) is 0 Å². The molecule has 27 heavy (non-hydrogen) atoms. The Labute approximate surface area is 173 Å². The number of benzene rings is 1. The van der Waals surface area contributed by atoms with Gasteiger partial charge in [0.1, 0.15) is 19.6 Å². The summed E-state index contributed by atoms with van der Waals surface area (Å²) in [5.74, 6) is 0. The fourth-order valence-corrected chi connectivity index (χ4v) is 4.06. The van der Waals surface area contributed by atoms with Gasteiger partial charge in [-0.15, -0.1) is 0 Å². The minimum atomic E-state index is 0. The third kappa shape index (κ3) is 10.5. The van der Waals surface area contributed by atoms with Gasteiger partial charge in [0.05, 0.1) is 19.3 Å².